The van der Waals surface area contributed by atoms with E-state index < -0.39 is 52.5 Å². The second-order valence-electron chi connectivity index (χ2n) is 8.19. The molecule has 33 heavy (non-hydrogen) atoms. The number of aromatic nitrogens is 1. The number of methoxy groups -OCH3 is 1. The Morgan fingerprint density at radius 1 is 1.18 bits per heavy atom. The number of aromatic amines is 1. The smallest absolute Gasteiger partial charge is 0.417 e. The van der Waals surface area contributed by atoms with Crippen LogP contribution in [0.2, 0.25) is 5.02 Å². The Morgan fingerprint density at radius 2 is 1.88 bits per heavy atom. The molecule has 1 fully saturated rings. The molecular weight excluding hydrogens is 469 g/mol. The molecule has 0 spiro atoms. The highest BCUT2D eigenvalue weighted by Gasteiger charge is 2.65. The molecule has 0 unspecified atom stereocenters. The van der Waals surface area contributed by atoms with E-state index in [1.807, 2.05) is 0 Å². The maximum Gasteiger partial charge on any atom is 0.417 e. The molecule has 1 saturated heterocycles. The van der Waals surface area contributed by atoms with Crippen molar-refractivity contribution in [1.82, 2.24) is 4.98 Å². The molecule has 0 aliphatic carbocycles. The minimum atomic E-state index is -4.79. The molecule has 4 atom stereocenters. The number of ether oxygens (including phenoxy) is 2. The molecule has 0 radical (unpaired) electrons. The van der Waals surface area contributed by atoms with Crippen molar-refractivity contribution in [1.29, 1.82) is 0 Å². The zero-order chi connectivity index (χ0) is 24.3. The van der Waals surface area contributed by atoms with Crippen molar-refractivity contribution in [2.45, 2.75) is 37.6 Å². The lowest BCUT2D eigenvalue weighted by molar-refractivity contribution is -0.275. The van der Waals surface area contributed by atoms with Crippen LogP contribution in [0.1, 0.15) is 37.1 Å². The summed E-state index contributed by atoms with van der Waals surface area (Å²) in [4.78, 5) is 15.7. The van der Waals surface area contributed by atoms with Crippen molar-refractivity contribution >= 4 is 22.5 Å². The second-order valence-corrected chi connectivity index (χ2v) is 8.60. The minimum Gasteiger partial charge on any atom is -0.493 e. The van der Waals surface area contributed by atoms with E-state index in [9.17, 15) is 26.7 Å². The first-order valence-electron chi connectivity index (χ1n) is 9.98. The van der Waals surface area contributed by atoms with E-state index in [4.69, 9.17) is 21.1 Å². The highest BCUT2D eigenvalue weighted by molar-refractivity contribution is 6.35. The van der Waals surface area contributed by atoms with Crippen LogP contribution >= 0.6 is 11.6 Å². The third-order valence-corrected chi connectivity index (χ3v) is 6.76. The number of fused-ring (bicyclic) bond motifs is 1. The van der Waals surface area contributed by atoms with Gasteiger partial charge in [0.25, 0.3) is 0 Å². The molecule has 0 amide bonds. The van der Waals surface area contributed by atoms with Crippen molar-refractivity contribution in [3.05, 3.63) is 74.5 Å². The summed E-state index contributed by atoms with van der Waals surface area (Å²) in [6.07, 6.45) is -6.13. The number of H-pyrrole nitrogens is 1. The summed E-state index contributed by atoms with van der Waals surface area (Å²) in [5.41, 5.74) is -2.81. The topological polar surface area (TPSA) is 51.3 Å². The zero-order valence-corrected chi connectivity index (χ0v) is 18.4. The van der Waals surface area contributed by atoms with Crippen LogP contribution < -0.4 is 10.2 Å². The lowest BCUT2D eigenvalue weighted by atomic mass is 9.76. The number of alkyl halides is 3. The largest absolute Gasteiger partial charge is 0.493 e. The number of hydrogen-bond donors (Lipinski definition) is 1. The van der Waals surface area contributed by atoms with E-state index >= 15 is 0 Å². The number of halogens is 6. The molecule has 4 rings (SSSR count). The Morgan fingerprint density at radius 3 is 2.52 bits per heavy atom. The van der Waals surface area contributed by atoms with Crippen LogP contribution in [0.15, 0.2) is 41.2 Å². The number of benzene rings is 2. The van der Waals surface area contributed by atoms with Gasteiger partial charge in [-0.05, 0) is 25.1 Å². The number of nitrogens with one attached hydrogen (secondary N) is 1. The molecule has 2 aromatic carbocycles. The lowest BCUT2D eigenvalue weighted by Gasteiger charge is -2.32. The first kappa shape index (κ1) is 23.5. The Kier molecular flexibility index (Phi) is 5.69. The Balaban J connectivity index is 1.97. The summed E-state index contributed by atoms with van der Waals surface area (Å²) in [7, 11) is 1.10. The van der Waals surface area contributed by atoms with Gasteiger partial charge in [0, 0.05) is 29.2 Å². The van der Waals surface area contributed by atoms with Crippen LogP contribution in [0.4, 0.5) is 22.0 Å². The van der Waals surface area contributed by atoms with Gasteiger partial charge in [0.15, 0.2) is 22.6 Å². The van der Waals surface area contributed by atoms with E-state index in [-0.39, 0.29) is 21.7 Å². The van der Waals surface area contributed by atoms with Gasteiger partial charge in [0.05, 0.1) is 23.0 Å². The maximum absolute atomic E-state index is 14.5. The fraction of sp³-hybridized carbons (Fsp3) is 0.348. The summed E-state index contributed by atoms with van der Waals surface area (Å²) in [5, 5.41) is 0.356. The van der Waals surface area contributed by atoms with Crippen molar-refractivity contribution in [2.24, 2.45) is 5.92 Å². The SMILES string of the molecule is COc1c([C@H]2[C@H](c3cc(=O)c4c(Cl)cccc4[nH]3)O[C@@](C)(C(F)(F)F)[C@H]2C)ccc(F)c1F. The first-order valence-corrected chi connectivity index (χ1v) is 10.4. The van der Waals surface area contributed by atoms with Gasteiger partial charge < -0.3 is 14.5 Å². The van der Waals surface area contributed by atoms with Gasteiger partial charge in [0.1, 0.15) is 6.10 Å². The molecule has 176 valence electrons. The highest BCUT2D eigenvalue weighted by atomic mass is 35.5. The zero-order valence-electron chi connectivity index (χ0n) is 17.7. The van der Waals surface area contributed by atoms with Crippen LogP contribution in [0.25, 0.3) is 10.9 Å². The summed E-state index contributed by atoms with van der Waals surface area (Å²) >= 11 is 6.11. The summed E-state index contributed by atoms with van der Waals surface area (Å²) < 4.78 is 81.2. The number of hydrogen-bond acceptors (Lipinski definition) is 3. The Labute approximate surface area is 190 Å². The molecule has 4 nitrogen and oxygen atoms in total. The fourth-order valence-electron chi connectivity index (χ4n) is 4.52. The van der Waals surface area contributed by atoms with Gasteiger partial charge in [0.2, 0.25) is 5.82 Å². The molecule has 1 aliphatic heterocycles. The van der Waals surface area contributed by atoms with Crippen molar-refractivity contribution < 1.29 is 31.4 Å². The third kappa shape index (κ3) is 3.58. The van der Waals surface area contributed by atoms with Gasteiger partial charge in [-0.3, -0.25) is 4.79 Å². The van der Waals surface area contributed by atoms with E-state index in [2.05, 4.69) is 4.98 Å². The highest BCUT2D eigenvalue weighted by Crippen LogP contribution is 2.59. The molecule has 0 bridgehead atoms. The van der Waals surface area contributed by atoms with Crippen molar-refractivity contribution in [3.8, 4) is 5.75 Å². The van der Waals surface area contributed by atoms with Crippen LogP contribution in [-0.2, 0) is 4.74 Å². The van der Waals surface area contributed by atoms with Crippen LogP contribution in [0.3, 0.4) is 0 Å². The summed E-state index contributed by atoms with van der Waals surface area (Å²) in [6.45, 7) is 2.21. The standard InChI is InChI=1S/C23H19ClF5NO3/c1-10-17(11-7-8-13(25)19(26)20(11)32-3)21(33-22(10,2)23(27,28)29)15-9-16(31)18-12(24)5-4-6-14(18)30-15/h4-10,17,21H,1-3H3,(H,30,31)/t10-,17-,21-,22+/m0/s1. The normalized spacial score (nSPS) is 25.5. The van der Waals surface area contributed by atoms with Crippen LogP contribution in [-0.4, -0.2) is 23.9 Å². The summed E-state index contributed by atoms with van der Waals surface area (Å²) in [5.74, 6) is -5.42. The second kappa shape index (κ2) is 7.99. The molecule has 3 aromatic rings. The average molecular weight is 488 g/mol. The molecule has 1 aromatic heterocycles. The quantitative estimate of drug-likeness (QED) is 0.442. The van der Waals surface area contributed by atoms with Crippen LogP contribution in [0, 0.1) is 17.6 Å². The lowest BCUT2D eigenvalue weighted by Crippen LogP contribution is -2.46. The van der Waals surface area contributed by atoms with Gasteiger partial charge in [-0.15, -0.1) is 0 Å². The monoisotopic (exact) mass is 487 g/mol. The first-order chi connectivity index (χ1) is 15.4. The predicted molar refractivity (Wildman–Crippen MR) is 113 cm³/mol. The Bertz CT molecular complexity index is 1290. The summed E-state index contributed by atoms with van der Waals surface area (Å²) in [6, 6.07) is 7.77. The van der Waals surface area contributed by atoms with Gasteiger partial charge in [-0.25, -0.2) is 4.39 Å². The number of pyridine rings is 1. The molecular formula is C23H19ClF5NO3. The van der Waals surface area contributed by atoms with Gasteiger partial charge >= 0.3 is 6.18 Å². The van der Waals surface area contributed by atoms with Crippen molar-refractivity contribution in [3.63, 3.8) is 0 Å². The molecule has 0 saturated carbocycles. The number of rotatable bonds is 3. The van der Waals surface area contributed by atoms with Crippen LogP contribution in [0.5, 0.6) is 5.75 Å². The van der Waals surface area contributed by atoms with Gasteiger partial charge in [-0.2, -0.15) is 17.6 Å². The fourth-order valence-corrected chi connectivity index (χ4v) is 4.79. The third-order valence-electron chi connectivity index (χ3n) is 6.44. The Hall–Kier alpha value is -2.65. The maximum atomic E-state index is 14.5. The molecule has 1 N–H and O–H groups in total. The van der Waals surface area contributed by atoms with E-state index in [0.29, 0.717) is 5.52 Å². The van der Waals surface area contributed by atoms with E-state index in [1.54, 1.807) is 12.1 Å². The van der Waals surface area contributed by atoms with E-state index in [0.717, 1.165) is 26.2 Å². The molecule has 1 aliphatic rings. The molecule has 10 heteroatoms. The van der Waals surface area contributed by atoms with Crippen molar-refractivity contribution in [2.75, 3.05) is 7.11 Å². The predicted octanol–water partition coefficient (Wildman–Crippen LogP) is 6.28. The minimum absolute atomic E-state index is 0.00563. The molecule has 2 heterocycles. The average Bonchev–Trinajstić information content (AvgIpc) is 3.02. The van der Waals surface area contributed by atoms with Gasteiger partial charge in [-0.1, -0.05) is 30.7 Å². The van der Waals surface area contributed by atoms with E-state index in [1.165, 1.54) is 19.1 Å².